The molecule has 2 rings (SSSR count). The number of halogens is 2. The molecule has 6 nitrogen and oxygen atoms in total. The summed E-state index contributed by atoms with van der Waals surface area (Å²) in [6, 6.07) is 3.19. The topological polar surface area (TPSA) is 73.8 Å². The van der Waals surface area contributed by atoms with Crippen molar-refractivity contribution in [2.75, 3.05) is 44.7 Å². The smallest absolute Gasteiger partial charge is 0.319 e. The summed E-state index contributed by atoms with van der Waals surface area (Å²) in [5.41, 5.74) is -0.764. The van der Waals surface area contributed by atoms with Gasteiger partial charge >= 0.3 is 6.03 Å². The fourth-order valence-corrected chi connectivity index (χ4v) is 2.54. The number of hydrogen-bond acceptors (Lipinski definition) is 4. The van der Waals surface area contributed by atoms with Gasteiger partial charge < -0.3 is 20.5 Å². The number of urea groups is 1. The first-order chi connectivity index (χ1) is 10.9. The molecule has 3 N–H and O–H groups in total. The molecule has 0 radical (unpaired) electrons. The molecule has 1 heterocycles. The molecule has 0 spiro atoms. The number of morpholine rings is 1. The third-order valence-corrected chi connectivity index (χ3v) is 3.79. The number of hydrogen-bond donors (Lipinski definition) is 3. The van der Waals surface area contributed by atoms with Gasteiger partial charge in [0.25, 0.3) is 0 Å². The maximum atomic E-state index is 13.0. The molecule has 0 aliphatic carbocycles. The van der Waals surface area contributed by atoms with Crippen molar-refractivity contribution in [2.45, 2.75) is 12.5 Å². The van der Waals surface area contributed by atoms with E-state index in [9.17, 15) is 14.3 Å². The van der Waals surface area contributed by atoms with Crippen molar-refractivity contribution in [1.29, 1.82) is 0 Å². The summed E-state index contributed by atoms with van der Waals surface area (Å²) in [4.78, 5) is 14.0. The van der Waals surface area contributed by atoms with Gasteiger partial charge in [0.2, 0.25) is 0 Å². The molecule has 1 fully saturated rings. The largest absolute Gasteiger partial charge is 0.387 e. The summed E-state index contributed by atoms with van der Waals surface area (Å²) in [6.07, 6.45) is 0. The van der Waals surface area contributed by atoms with E-state index in [1.807, 2.05) is 0 Å². The summed E-state index contributed by atoms with van der Waals surface area (Å²) < 4.78 is 18.2. The highest BCUT2D eigenvalue weighted by molar-refractivity contribution is 6.33. The van der Waals surface area contributed by atoms with E-state index in [0.717, 1.165) is 19.2 Å². The Morgan fingerprint density at radius 2 is 2.17 bits per heavy atom. The average molecular weight is 346 g/mol. The Morgan fingerprint density at radius 1 is 1.48 bits per heavy atom. The first kappa shape index (κ1) is 17.9. The molecule has 128 valence electrons. The fraction of sp³-hybridized carbons (Fsp3) is 0.533. The molecule has 1 saturated heterocycles. The third-order valence-electron chi connectivity index (χ3n) is 3.48. The van der Waals surface area contributed by atoms with Gasteiger partial charge in [-0.3, -0.25) is 4.90 Å². The summed E-state index contributed by atoms with van der Waals surface area (Å²) in [5.74, 6) is -0.477. The van der Waals surface area contributed by atoms with Crippen LogP contribution in [0.5, 0.6) is 0 Å². The average Bonchev–Trinajstić information content (AvgIpc) is 2.49. The molecule has 23 heavy (non-hydrogen) atoms. The van der Waals surface area contributed by atoms with Crippen molar-refractivity contribution in [3.8, 4) is 0 Å². The van der Waals surface area contributed by atoms with Crippen molar-refractivity contribution in [3.05, 3.63) is 29.0 Å². The van der Waals surface area contributed by atoms with Gasteiger partial charge in [-0.25, -0.2) is 9.18 Å². The molecular weight excluding hydrogens is 325 g/mol. The molecule has 1 aromatic carbocycles. The molecule has 1 aliphatic rings. The van der Waals surface area contributed by atoms with Crippen LogP contribution in [-0.4, -0.2) is 61.0 Å². The number of β-amino-alcohol motifs (C(OH)–C–C–N with tert-alkyl or cyclic N) is 1. The molecule has 0 unspecified atom stereocenters. The van der Waals surface area contributed by atoms with Crippen molar-refractivity contribution >= 4 is 23.3 Å². The highest BCUT2D eigenvalue weighted by Gasteiger charge is 2.25. The van der Waals surface area contributed by atoms with Crippen LogP contribution < -0.4 is 10.6 Å². The van der Waals surface area contributed by atoms with Gasteiger partial charge in [-0.2, -0.15) is 0 Å². The van der Waals surface area contributed by atoms with E-state index in [-0.39, 0.29) is 11.6 Å². The Balaban J connectivity index is 1.80. The minimum Gasteiger partial charge on any atom is -0.387 e. The van der Waals surface area contributed by atoms with E-state index >= 15 is 0 Å². The maximum Gasteiger partial charge on any atom is 0.319 e. The Morgan fingerprint density at radius 3 is 2.83 bits per heavy atom. The SMILES string of the molecule is C[C@](O)(CNC(=O)Nc1ccc(F)cc1Cl)CN1CCOCC1. The summed E-state index contributed by atoms with van der Waals surface area (Å²) in [7, 11) is 0. The predicted octanol–water partition coefficient (Wildman–Crippen LogP) is 1.68. The summed E-state index contributed by atoms with van der Waals surface area (Å²) >= 11 is 5.84. The second kappa shape index (κ2) is 7.92. The number of ether oxygens (including phenoxy) is 1. The Bertz CT molecular complexity index is 551. The Hall–Kier alpha value is -1.41. The van der Waals surface area contributed by atoms with Gasteiger partial charge in [-0.1, -0.05) is 11.6 Å². The second-order valence-electron chi connectivity index (χ2n) is 5.82. The molecule has 0 saturated carbocycles. The summed E-state index contributed by atoms with van der Waals surface area (Å²) in [5, 5.41) is 15.6. The van der Waals surface area contributed by atoms with Gasteiger partial charge in [0.05, 0.1) is 29.5 Å². The standard InChI is InChI=1S/C15H21ClFN3O3/c1-15(22,10-20-4-6-23-7-5-20)9-18-14(21)19-13-3-2-11(17)8-12(13)16/h2-3,8,22H,4-7,9-10H2,1H3,(H2,18,19,21)/t15-/m0/s1. The highest BCUT2D eigenvalue weighted by atomic mass is 35.5. The van der Waals surface area contributed by atoms with Gasteiger partial charge in [-0.15, -0.1) is 0 Å². The number of anilines is 1. The first-order valence-electron chi connectivity index (χ1n) is 7.38. The van der Waals surface area contributed by atoms with E-state index < -0.39 is 17.4 Å². The van der Waals surface area contributed by atoms with Gasteiger partial charge in [0.15, 0.2) is 0 Å². The number of rotatable bonds is 5. The number of carbonyl (C=O) groups excluding carboxylic acids is 1. The van der Waals surface area contributed by atoms with Crippen LogP contribution in [0.1, 0.15) is 6.92 Å². The number of aliphatic hydroxyl groups is 1. The molecule has 0 bridgehead atoms. The number of benzene rings is 1. The van der Waals surface area contributed by atoms with Gasteiger partial charge in [0, 0.05) is 26.2 Å². The molecular formula is C15H21ClFN3O3. The normalized spacial score (nSPS) is 18.3. The predicted molar refractivity (Wildman–Crippen MR) is 86.3 cm³/mol. The quantitative estimate of drug-likeness (QED) is 0.759. The zero-order chi connectivity index (χ0) is 16.9. The van der Waals surface area contributed by atoms with Crippen LogP contribution in [0.25, 0.3) is 0 Å². The van der Waals surface area contributed by atoms with Crippen LogP contribution >= 0.6 is 11.6 Å². The van der Waals surface area contributed by atoms with E-state index in [2.05, 4.69) is 15.5 Å². The van der Waals surface area contributed by atoms with Crippen LogP contribution in [0.3, 0.4) is 0 Å². The van der Waals surface area contributed by atoms with Crippen molar-refractivity contribution in [2.24, 2.45) is 0 Å². The lowest BCUT2D eigenvalue weighted by atomic mass is 10.1. The molecule has 8 heteroatoms. The lowest BCUT2D eigenvalue weighted by Crippen LogP contribution is -2.51. The number of nitrogens with zero attached hydrogens (tertiary/aromatic N) is 1. The zero-order valence-electron chi connectivity index (χ0n) is 12.9. The van der Waals surface area contributed by atoms with Crippen LogP contribution in [0.15, 0.2) is 18.2 Å². The number of carbonyl (C=O) groups is 1. The number of nitrogens with one attached hydrogen (secondary N) is 2. The zero-order valence-corrected chi connectivity index (χ0v) is 13.7. The molecule has 1 aromatic rings. The van der Waals surface area contributed by atoms with Gasteiger partial charge in [-0.05, 0) is 25.1 Å². The van der Waals surface area contributed by atoms with E-state index in [0.29, 0.717) is 25.4 Å². The molecule has 1 aliphatic heterocycles. The van der Waals surface area contributed by atoms with E-state index in [1.165, 1.54) is 12.1 Å². The molecule has 2 amide bonds. The van der Waals surface area contributed by atoms with Crippen LogP contribution in [0.4, 0.5) is 14.9 Å². The minimum atomic E-state index is -1.07. The van der Waals surface area contributed by atoms with Crippen molar-refractivity contribution in [1.82, 2.24) is 10.2 Å². The maximum absolute atomic E-state index is 13.0. The molecule has 1 atom stereocenters. The van der Waals surface area contributed by atoms with Crippen molar-refractivity contribution in [3.63, 3.8) is 0 Å². The Kier molecular flexibility index (Phi) is 6.17. The lowest BCUT2D eigenvalue weighted by Gasteiger charge is -2.33. The van der Waals surface area contributed by atoms with Crippen LogP contribution in [-0.2, 0) is 4.74 Å². The second-order valence-corrected chi connectivity index (χ2v) is 6.22. The van der Waals surface area contributed by atoms with Crippen LogP contribution in [0, 0.1) is 5.82 Å². The molecule has 0 aromatic heterocycles. The monoisotopic (exact) mass is 345 g/mol. The first-order valence-corrected chi connectivity index (χ1v) is 7.76. The van der Waals surface area contributed by atoms with Crippen molar-refractivity contribution < 1.29 is 19.0 Å². The third kappa shape index (κ3) is 5.95. The van der Waals surface area contributed by atoms with E-state index in [4.69, 9.17) is 16.3 Å². The minimum absolute atomic E-state index is 0.0784. The fourth-order valence-electron chi connectivity index (χ4n) is 2.32. The van der Waals surface area contributed by atoms with Crippen LogP contribution in [0.2, 0.25) is 5.02 Å². The van der Waals surface area contributed by atoms with Gasteiger partial charge in [0.1, 0.15) is 5.82 Å². The Labute approximate surface area is 139 Å². The number of amides is 2. The summed E-state index contributed by atoms with van der Waals surface area (Å²) in [6.45, 7) is 4.98. The highest BCUT2D eigenvalue weighted by Crippen LogP contribution is 2.22. The van der Waals surface area contributed by atoms with E-state index in [1.54, 1.807) is 6.92 Å². The lowest BCUT2D eigenvalue weighted by molar-refractivity contribution is -0.0205.